The highest BCUT2D eigenvalue weighted by molar-refractivity contribution is 6.79. The molecule has 3 nitrogen and oxygen atoms in total. The van der Waals surface area contributed by atoms with Gasteiger partial charge in [0.05, 0.1) is 26.5 Å². The van der Waals surface area contributed by atoms with E-state index >= 15 is 0 Å². The van der Waals surface area contributed by atoms with Crippen molar-refractivity contribution in [3.63, 3.8) is 0 Å². The van der Waals surface area contributed by atoms with Gasteiger partial charge in [-0.2, -0.15) is 0 Å². The minimum Gasteiger partial charge on any atom is -0.379 e. The molecule has 0 aromatic heterocycles. The topological polar surface area (TPSA) is 31.0 Å². The van der Waals surface area contributed by atoms with E-state index < -0.39 is 8.07 Å². The normalized spacial score (nSPS) is 32.5. The zero-order valence-electron chi connectivity index (χ0n) is 12.2. The highest BCUT2D eigenvalue weighted by Gasteiger charge is 2.44. The van der Waals surface area contributed by atoms with Crippen LogP contribution < -0.4 is 0 Å². The second-order valence-corrected chi connectivity index (χ2v) is 12.1. The lowest BCUT2D eigenvalue weighted by molar-refractivity contribution is -0.0363. The zero-order chi connectivity index (χ0) is 13.1. The molecule has 0 saturated carbocycles. The second-order valence-electron chi connectivity index (χ2n) is 6.68. The van der Waals surface area contributed by atoms with Crippen molar-refractivity contribution in [2.45, 2.75) is 63.1 Å². The van der Waals surface area contributed by atoms with Gasteiger partial charge in [0.1, 0.15) is 6.10 Å². The van der Waals surface area contributed by atoms with Crippen molar-refractivity contribution in [2.24, 2.45) is 0 Å². The van der Waals surface area contributed by atoms with Crippen LogP contribution in [0.4, 0.5) is 0 Å². The summed E-state index contributed by atoms with van der Waals surface area (Å²) in [5, 5.41) is 0.199. The molecule has 18 heavy (non-hydrogen) atoms. The molecule has 2 fully saturated rings. The maximum absolute atomic E-state index is 6.25. The van der Waals surface area contributed by atoms with Crippen LogP contribution in [-0.2, 0) is 14.2 Å². The first-order valence-corrected chi connectivity index (χ1v) is 10.9. The Kier molecular flexibility index (Phi) is 4.86. The molecule has 2 aliphatic heterocycles. The molecule has 2 unspecified atom stereocenters. The first kappa shape index (κ1) is 14.5. The second kappa shape index (κ2) is 6.03. The van der Waals surface area contributed by atoms with Crippen LogP contribution in [0.5, 0.6) is 0 Å². The minimum absolute atomic E-state index is 0.199. The summed E-state index contributed by atoms with van der Waals surface area (Å²) in [6.45, 7) is 10.8. The number of ether oxygens (including phenoxy) is 3. The molecule has 0 bridgehead atoms. The zero-order valence-corrected chi connectivity index (χ0v) is 13.2. The molecule has 2 heterocycles. The Hall–Kier alpha value is 0.0969. The molecule has 0 radical (unpaired) electrons. The highest BCUT2D eigenvalue weighted by atomic mass is 28.3. The van der Waals surface area contributed by atoms with Gasteiger partial charge in [-0.05, 0) is 32.1 Å². The fourth-order valence-corrected chi connectivity index (χ4v) is 5.24. The summed E-state index contributed by atoms with van der Waals surface area (Å²) in [6, 6.07) is 0. The van der Waals surface area contributed by atoms with Crippen molar-refractivity contribution in [1.82, 2.24) is 0 Å². The van der Waals surface area contributed by atoms with E-state index in [4.69, 9.17) is 14.2 Å². The third kappa shape index (κ3) is 3.79. The molecule has 2 atom stereocenters. The summed E-state index contributed by atoms with van der Waals surface area (Å²) in [5.74, 6) is 0. The smallest absolute Gasteiger partial charge is 0.104 e. The molecular formula is C14H28O3Si. The van der Waals surface area contributed by atoms with Gasteiger partial charge >= 0.3 is 0 Å². The summed E-state index contributed by atoms with van der Waals surface area (Å²) in [7, 11) is -1.28. The van der Waals surface area contributed by atoms with Crippen molar-refractivity contribution in [3.8, 4) is 0 Å². The molecule has 0 aromatic carbocycles. The molecule has 106 valence electrons. The fourth-order valence-electron chi connectivity index (χ4n) is 2.85. The Bertz CT molecular complexity index is 252. The number of rotatable bonds is 7. The molecule has 4 heteroatoms. The Labute approximate surface area is 112 Å². The van der Waals surface area contributed by atoms with Crippen LogP contribution in [0.25, 0.3) is 0 Å². The van der Waals surface area contributed by atoms with E-state index in [1.165, 1.54) is 25.7 Å². The van der Waals surface area contributed by atoms with Gasteiger partial charge in [0, 0.05) is 13.2 Å². The van der Waals surface area contributed by atoms with Gasteiger partial charge in [-0.3, -0.25) is 0 Å². The molecule has 2 saturated heterocycles. The van der Waals surface area contributed by atoms with Crippen LogP contribution in [0.15, 0.2) is 0 Å². The third-order valence-corrected chi connectivity index (χ3v) is 7.67. The van der Waals surface area contributed by atoms with E-state index in [1.807, 2.05) is 0 Å². The van der Waals surface area contributed by atoms with Gasteiger partial charge in [0.15, 0.2) is 0 Å². The molecule has 2 aliphatic rings. The van der Waals surface area contributed by atoms with Crippen molar-refractivity contribution < 1.29 is 14.2 Å². The lowest BCUT2D eigenvalue weighted by Gasteiger charge is -2.46. The molecule has 0 amide bonds. The lowest BCUT2D eigenvalue weighted by atomic mass is 10.0. The molecule has 2 rings (SSSR count). The Morgan fingerprint density at radius 2 is 2.06 bits per heavy atom. The Balaban J connectivity index is 1.73. The van der Waals surface area contributed by atoms with Crippen LogP contribution in [0.3, 0.4) is 0 Å². The SMILES string of the molecule is C[Si](C)(C)C1(CCCOCC2CO2)CCCCO1. The van der Waals surface area contributed by atoms with Crippen molar-refractivity contribution in [1.29, 1.82) is 0 Å². The first-order valence-electron chi connectivity index (χ1n) is 7.37. The predicted molar refractivity (Wildman–Crippen MR) is 75.7 cm³/mol. The monoisotopic (exact) mass is 272 g/mol. The van der Waals surface area contributed by atoms with Gasteiger partial charge in [-0.15, -0.1) is 0 Å². The summed E-state index contributed by atoms with van der Waals surface area (Å²) in [4.78, 5) is 0. The van der Waals surface area contributed by atoms with E-state index in [0.29, 0.717) is 6.10 Å². The largest absolute Gasteiger partial charge is 0.379 e. The highest BCUT2D eigenvalue weighted by Crippen LogP contribution is 2.37. The van der Waals surface area contributed by atoms with E-state index in [1.54, 1.807) is 0 Å². The summed E-state index contributed by atoms with van der Waals surface area (Å²) < 4.78 is 17.0. The standard InChI is InChI=1S/C14H28O3Si/c1-18(2,3)14(7-4-5-10-17-14)8-6-9-15-11-13-12-16-13/h13H,4-12H2,1-3H3. The summed E-state index contributed by atoms with van der Waals surface area (Å²) in [6.07, 6.45) is 6.52. The van der Waals surface area contributed by atoms with E-state index in [9.17, 15) is 0 Å². The quantitative estimate of drug-likeness (QED) is 0.405. The number of hydrogen-bond donors (Lipinski definition) is 0. The first-order chi connectivity index (χ1) is 8.54. The average Bonchev–Trinajstić information content (AvgIpc) is 3.12. The lowest BCUT2D eigenvalue weighted by Crippen LogP contribution is -2.56. The fraction of sp³-hybridized carbons (Fsp3) is 1.00. The summed E-state index contributed by atoms with van der Waals surface area (Å²) in [5.41, 5.74) is 0. The molecule has 0 aliphatic carbocycles. The van der Waals surface area contributed by atoms with Gasteiger partial charge in [-0.1, -0.05) is 19.6 Å². The van der Waals surface area contributed by atoms with Crippen LogP contribution in [0.2, 0.25) is 19.6 Å². The van der Waals surface area contributed by atoms with Gasteiger partial charge < -0.3 is 14.2 Å². The molecular weight excluding hydrogens is 244 g/mol. The van der Waals surface area contributed by atoms with Crippen LogP contribution >= 0.6 is 0 Å². The molecule has 0 aromatic rings. The Morgan fingerprint density at radius 3 is 2.61 bits per heavy atom. The van der Waals surface area contributed by atoms with Crippen molar-refractivity contribution in [2.75, 3.05) is 26.4 Å². The Morgan fingerprint density at radius 1 is 1.28 bits per heavy atom. The minimum atomic E-state index is -1.28. The molecule has 0 N–H and O–H groups in total. The summed E-state index contributed by atoms with van der Waals surface area (Å²) >= 11 is 0. The van der Waals surface area contributed by atoms with Gasteiger partial charge in [0.2, 0.25) is 0 Å². The van der Waals surface area contributed by atoms with Gasteiger partial charge in [-0.25, -0.2) is 0 Å². The molecule has 0 spiro atoms. The maximum Gasteiger partial charge on any atom is 0.104 e. The van der Waals surface area contributed by atoms with E-state index in [2.05, 4.69) is 19.6 Å². The average molecular weight is 272 g/mol. The third-order valence-electron chi connectivity index (χ3n) is 4.30. The van der Waals surface area contributed by atoms with Crippen LogP contribution in [-0.4, -0.2) is 45.8 Å². The predicted octanol–water partition coefficient (Wildman–Crippen LogP) is 3.00. The van der Waals surface area contributed by atoms with Gasteiger partial charge in [0.25, 0.3) is 0 Å². The number of hydrogen-bond acceptors (Lipinski definition) is 3. The van der Waals surface area contributed by atoms with Crippen molar-refractivity contribution in [3.05, 3.63) is 0 Å². The van der Waals surface area contributed by atoms with Crippen LogP contribution in [0, 0.1) is 0 Å². The van der Waals surface area contributed by atoms with E-state index in [-0.39, 0.29) is 5.22 Å². The van der Waals surface area contributed by atoms with Crippen LogP contribution in [0.1, 0.15) is 32.1 Å². The maximum atomic E-state index is 6.25. The number of epoxide rings is 1. The van der Waals surface area contributed by atoms with Crippen molar-refractivity contribution >= 4 is 8.07 Å². The van der Waals surface area contributed by atoms with E-state index in [0.717, 1.165) is 32.8 Å².